The number of aliphatic hydroxyl groups excluding tert-OH is 1. The average molecular weight is 273 g/mol. The van der Waals surface area contributed by atoms with Gasteiger partial charge in [0.2, 0.25) is 0 Å². The van der Waals surface area contributed by atoms with E-state index in [1.54, 1.807) is 4.90 Å². The predicted octanol–water partition coefficient (Wildman–Crippen LogP) is 2.68. The molecule has 1 fully saturated rings. The predicted molar refractivity (Wildman–Crippen MR) is 66.5 cm³/mol. The van der Waals surface area contributed by atoms with Gasteiger partial charge in [-0.1, -0.05) is 30.3 Å². The summed E-state index contributed by atoms with van der Waals surface area (Å²) in [5.41, 5.74) is -0.832. The minimum Gasteiger partial charge on any atom is -0.396 e. The second kappa shape index (κ2) is 5.13. The molecule has 2 atom stereocenters. The molecule has 19 heavy (non-hydrogen) atoms. The summed E-state index contributed by atoms with van der Waals surface area (Å²) in [4.78, 5) is 1.77. The Morgan fingerprint density at radius 2 is 1.95 bits per heavy atom. The van der Waals surface area contributed by atoms with Gasteiger partial charge in [-0.15, -0.1) is 0 Å². The fourth-order valence-electron chi connectivity index (χ4n) is 2.71. The Hall–Kier alpha value is -1.07. The lowest BCUT2D eigenvalue weighted by Gasteiger charge is -2.32. The number of hydrogen-bond donors (Lipinski definition) is 1. The molecule has 0 spiro atoms. The zero-order valence-corrected chi connectivity index (χ0v) is 10.8. The molecule has 1 N–H and O–H groups in total. The first-order valence-electron chi connectivity index (χ1n) is 6.30. The Balaban J connectivity index is 2.11. The van der Waals surface area contributed by atoms with Crippen molar-refractivity contribution in [1.29, 1.82) is 0 Å². The van der Waals surface area contributed by atoms with Crippen molar-refractivity contribution in [2.24, 2.45) is 11.3 Å². The zero-order valence-electron chi connectivity index (χ0n) is 10.8. The summed E-state index contributed by atoms with van der Waals surface area (Å²) in [5.74, 6) is -0.754. The van der Waals surface area contributed by atoms with E-state index in [1.807, 2.05) is 30.3 Å². The molecule has 0 amide bonds. The van der Waals surface area contributed by atoms with Gasteiger partial charge in [-0.2, -0.15) is 13.2 Å². The van der Waals surface area contributed by atoms with Gasteiger partial charge >= 0.3 is 6.18 Å². The van der Waals surface area contributed by atoms with E-state index in [0.29, 0.717) is 6.54 Å². The van der Waals surface area contributed by atoms with Gasteiger partial charge in [0.25, 0.3) is 0 Å². The van der Waals surface area contributed by atoms with Crippen LogP contribution in [0.2, 0.25) is 0 Å². The lowest BCUT2D eigenvalue weighted by atomic mass is 9.80. The van der Waals surface area contributed by atoms with Crippen molar-refractivity contribution in [1.82, 2.24) is 4.90 Å². The standard InChI is InChI=1S/C14H18F3NO/c1-13(14(15,16)17)10-18(8-12(13)9-19)7-11-5-3-2-4-6-11/h2-6,12,19H,7-10H2,1H3/t12-,13-/m0/s1. The Kier molecular flexibility index (Phi) is 3.87. The lowest BCUT2D eigenvalue weighted by molar-refractivity contribution is -0.228. The highest BCUT2D eigenvalue weighted by Crippen LogP contribution is 2.48. The first-order valence-corrected chi connectivity index (χ1v) is 6.30. The Labute approximate surface area is 110 Å². The van der Waals surface area contributed by atoms with Crippen molar-refractivity contribution >= 4 is 0 Å². The molecule has 2 rings (SSSR count). The molecule has 0 unspecified atom stereocenters. The van der Waals surface area contributed by atoms with Crippen molar-refractivity contribution in [3.05, 3.63) is 35.9 Å². The molecule has 0 radical (unpaired) electrons. The van der Waals surface area contributed by atoms with Gasteiger partial charge in [0.1, 0.15) is 0 Å². The van der Waals surface area contributed by atoms with Crippen molar-refractivity contribution in [2.45, 2.75) is 19.6 Å². The Morgan fingerprint density at radius 3 is 2.42 bits per heavy atom. The van der Waals surface area contributed by atoms with Gasteiger partial charge in [0.05, 0.1) is 5.41 Å². The van der Waals surface area contributed by atoms with Gasteiger partial charge in [-0.05, 0) is 12.5 Å². The monoisotopic (exact) mass is 273 g/mol. The average Bonchev–Trinajstić information content (AvgIpc) is 2.67. The third-order valence-corrected chi connectivity index (χ3v) is 4.05. The number of rotatable bonds is 3. The fourth-order valence-corrected chi connectivity index (χ4v) is 2.71. The van der Waals surface area contributed by atoms with E-state index < -0.39 is 24.1 Å². The maximum atomic E-state index is 13.2. The van der Waals surface area contributed by atoms with Crippen LogP contribution in [0.4, 0.5) is 13.2 Å². The minimum absolute atomic E-state index is 0.0589. The number of nitrogens with zero attached hydrogens (tertiary/aromatic N) is 1. The molecule has 1 saturated heterocycles. The molecule has 0 aromatic heterocycles. The van der Waals surface area contributed by atoms with Crippen molar-refractivity contribution in [3.8, 4) is 0 Å². The molecule has 0 saturated carbocycles. The third kappa shape index (κ3) is 2.77. The number of alkyl halides is 3. The van der Waals surface area contributed by atoms with Gasteiger partial charge in [0, 0.05) is 32.2 Å². The third-order valence-electron chi connectivity index (χ3n) is 4.05. The van der Waals surface area contributed by atoms with E-state index in [-0.39, 0.29) is 13.1 Å². The normalized spacial score (nSPS) is 28.8. The van der Waals surface area contributed by atoms with Gasteiger partial charge in [0.15, 0.2) is 0 Å². The van der Waals surface area contributed by atoms with Crippen LogP contribution in [0.15, 0.2) is 30.3 Å². The second-order valence-electron chi connectivity index (χ2n) is 5.45. The van der Waals surface area contributed by atoms with Crippen molar-refractivity contribution < 1.29 is 18.3 Å². The van der Waals surface area contributed by atoms with Crippen LogP contribution in [-0.4, -0.2) is 35.9 Å². The summed E-state index contributed by atoms with van der Waals surface area (Å²) in [5, 5.41) is 9.22. The van der Waals surface area contributed by atoms with Crippen LogP contribution in [0.3, 0.4) is 0 Å². The maximum absolute atomic E-state index is 13.2. The zero-order chi connectivity index (χ0) is 14.1. The molecular formula is C14H18F3NO. The van der Waals surface area contributed by atoms with E-state index in [9.17, 15) is 18.3 Å². The van der Waals surface area contributed by atoms with Crippen LogP contribution in [0.5, 0.6) is 0 Å². The number of likely N-dealkylation sites (tertiary alicyclic amines) is 1. The number of benzene rings is 1. The van der Waals surface area contributed by atoms with Gasteiger partial charge < -0.3 is 5.11 Å². The first-order chi connectivity index (χ1) is 8.87. The van der Waals surface area contributed by atoms with Crippen LogP contribution in [0, 0.1) is 11.3 Å². The SMILES string of the molecule is C[C@]1(C(F)(F)F)CN(Cc2ccccc2)C[C@H]1CO. The Bertz CT molecular complexity index is 420. The summed E-state index contributed by atoms with van der Waals surface area (Å²) in [7, 11) is 0. The smallest absolute Gasteiger partial charge is 0.395 e. The number of hydrogen-bond acceptors (Lipinski definition) is 2. The summed E-state index contributed by atoms with van der Waals surface area (Å²) in [6.45, 7) is 1.49. The van der Waals surface area contributed by atoms with Crippen LogP contribution < -0.4 is 0 Å². The highest BCUT2D eigenvalue weighted by Gasteiger charge is 2.59. The van der Waals surface area contributed by atoms with E-state index >= 15 is 0 Å². The number of halogens is 3. The van der Waals surface area contributed by atoms with Gasteiger partial charge in [-0.3, -0.25) is 4.90 Å². The maximum Gasteiger partial charge on any atom is 0.395 e. The van der Waals surface area contributed by atoms with Crippen LogP contribution in [0.1, 0.15) is 12.5 Å². The van der Waals surface area contributed by atoms with E-state index in [4.69, 9.17) is 0 Å². The largest absolute Gasteiger partial charge is 0.396 e. The van der Waals surface area contributed by atoms with Crippen molar-refractivity contribution in [2.75, 3.05) is 19.7 Å². The van der Waals surface area contributed by atoms with Crippen molar-refractivity contribution in [3.63, 3.8) is 0 Å². The summed E-state index contributed by atoms with van der Waals surface area (Å²) in [6.07, 6.45) is -4.29. The van der Waals surface area contributed by atoms with Crippen LogP contribution in [0.25, 0.3) is 0 Å². The van der Waals surface area contributed by atoms with E-state index in [0.717, 1.165) is 5.56 Å². The molecular weight excluding hydrogens is 255 g/mol. The molecule has 1 aromatic rings. The van der Waals surface area contributed by atoms with E-state index in [1.165, 1.54) is 6.92 Å². The highest BCUT2D eigenvalue weighted by atomic mass is 19.4. The molecule has 0 bridgehead atoms. The summed E-state index contributed by atoms with van der Waals surface area (Å²) < 4.78 is 39.5. The Morgan fingerprint density at radius 1 is 1.32 bits per heavy atom. The molecule has 106 valence electrons. The summed E-state index contributed by atoms with van der Waals surface area (Å²) >= 11 is 0. The molecule has 1 aliphatic heterocycles. The fraction of sp³-hybridized carbons (Fsp3) is 0.571. The highest BCUT2D eigenvalue weighted by molar-refractivity contribution is 5.15. The quantitative estimate of drug-likeness (QED) is 0.915. The van der Waals surface area contributed by atoms with Crippen LogP contribution in [-0.2, 0) is 6.54 Å². The minimum atomic E-state index is -4.29. The first kappa shape index (κ1) is 14.3. The molecule has 5 heteroatoms. The molecule has 1 heterocycles. The molecule has 1 aromatic carbocycles. The second-order valence-corrected chi connectivity index (χ2v) is 5.45. The van der Waals surface area contributed by atoms with E-state index in [2.05, 4.69) is 0 Å². The molecule has 0 aliphatic carbocycles. The number of aliphatic hydroxyl groups is 1. The molecule has 2 nitrogen and oxygen atoms in total. The summed E-state index contributed by atoms with van der Waals surface area (Å²) in [6, 6.07) is 9.42. The topological polar surface area (TPSA) is 23.5 Å². The molecule has 1 aliphatic rings. The van der Waals surface area contributed by atoms with Crippen LogP contribution >= 0.6 is 0 Å². The van der Waals surface area contributed by atoms with Gasteiger partial charge in [-0.25, -0.2) is 0 Å². The lowest BCUT2D eigenvalue weighted by Crippen LogP contribution is -2.43.